The smallest absolute Gasteiger partial charge is 0.125 e. The van der Waals surface area contributed by atoms with Crippen LogP contribution in [0, 0.1) is 0 Å². The zero-order valence-electron chi connectivity index (χ0n) is 12.5. The number of aromatic nitrogens is 1. The molecule has 0 spiro atoms. The van der Waals surface area contributed by atoms with Crippen LogP contribution in [0.1, 0.15) is 0 Å². The van der Waals surface area contributed by atoms with Gasteiger partial charge < -0.3 is 9.88 Å². The van der Waals surface area contributed by atoms with Gasteiger partial charge in [0.1, 0.15) is 5.50 Å². The molecule has 2 aromatic carbocycles. The third-order valence-corrected chi connectivity index (χ3v) is 5.20. The Kier molecular flexibility index (Phi) is 3.56. The Labute approximate surface area is 134 Å². The summed E-state index contributed by atoms with van der Waals surface area (Å²) in [6.07, 6.45) is 0. The second kappa shape index (κ2) is 5.71. The van der Waals surface area contributed by atoms with Crippen molar-refractivity contribution in [2.75, 3.05) is 17.6 Å². The summed E-state index contributed by atoms with van der Waals surface area (Å²) in [5, 5.41) is 8.48. The predicted octanol–water partition coefficient (Wildman–Crippen LogP) is 3.88. The molecule has 0 radical (unpaired) electrons. The first-order valence-corrected chi connectivity index (χ1v) is 8.64. The number of rotatable bonds is 3. The maximum absolute atomic E-state index is 3.70. The molecular weight excluding hydrogens is 290 g/mol. The van der Waals surface area contributed by atoms with E-state index in [-0.39, 0.29) is 5.50 Å². The minimum absolute atomic E-state index is 0.285. The molecule has 4 rings (SSSR count). The van der Waals surface area contributed by atoms with Crippen LogP contribution in [0.4, 0.5) is 5.69 Å². The quantitative estimate of drug-likeness (QED) is 0.769. The summed E-state index contributed by atoms with van der Waals surface area (Å²) in [6.45, 7) is 1.06. The fourth-order valence-corrected chi connectivity index (χ4v) is 4.03. The molecule has 3 aromatic rings. The van der Waals surface area contributed by atoms with Crippen LogP contribution in [0.25, 0.3) is 22.2 Å². The van der Waals surface area contributed by atoms with E-state index in [1.54, 1.807) is 0 Å². The molecule has 3 nitrogen and oxygen atoms in total. The normalized spacial score (nSPS) is 18.0. The highest BCUT2D eigenvalue weighted by Crippen LogP contribution is 2.38. The van der Waals surface area contributed by atoms with Crippen LogP contribution in [0.5, 0.6) is 0 Å². The lowest BCUT2D eigenvalue weighted by Gasteiger charge is -2.15. The standard InChI is InChI=1S/C18H19N3S/c1-21-15-10-6-5-9-14(15)16(20-18-19-11-12-22-18)17(21)13-7-3-2-4-8-13/h2-10,18-20H,11-12H2,1H3. The molecule has 1 fully saturated rings. The van der Waals surface area contributed by atoms with Crippen LogP contribution in [0.3, 0.4) is 0 Å². The van der Waals surface area contributed by atoms with Crippen molar-refractivity contribution >= 4 is 28.4 Å². The SMILES string of the molecule is Cn1c(-c2ccccc2)c(NC2NCCS2)c2ccccc21. The predicted molar refractivity (Wildman–Crippen MR) is 96.2 cm³/mol. The Hall–Kier alpha value is -1.91. The van der Waals surface area contributed by atoms with Gasteiger partial charge in [0.15, 0.2) is 0 Å². The Morgan fingerprint density at radius 3 is 2.64 bits per heavy atom. The van der Waals surface area contributed by atoms with Crippen molar-refractivity contribution in [1.29, 1.82) is 0 Å². The van der Waals surface area contributed by atoms with Gasteiger partial charge in [-0.15, -0.1) is 11.8 Å². The van der Waals surface area contributed by atoms with Crippen molar-refractivity contribution < 1.29 is 0 Å². The van der Waals surface area contributed by atoms with E-state index in [0.717, 1.165) is 12.3 Å². The summed E-state index contributed by atoms with van der Waals surface area (Å²) in [5.74, 6) is 1.16. The van der Waals surface area contributed by atoms with Gasteiger partial charge in [-0.05, 0) is 6.07 Å². The fraction of sp³-hybridized carbons (Fsp3) is 0.222. The number of nitrogens with zero attached hydrogens (tertiary/aromatic N) is 1. The number of para-hydroxylation sites is 1. The van der Waals surface area contributed by atoms with E-state index in [4.69, 9.17) is 0 Å². The lowest BCUT2D eigenvalue weighted by Crippen LogP contribution is -2.27. The molecule has 4 heteroatoms. The summed E-state index contributed by atoms with van der Waals surface area (Å²) in [4.78, 5) is 0. The summed E-state index contributed by atoms with van der Waals surface area (Å²) in [5.41, 5.74) is 5.25. The summed E-state index contributed by atoms with van der Waals surface area (Å²) < 4.78 is 2.28. The van der Waals surface area contributed by atoms with Gasteiger partial charge in [0.05, 0.1) is 16.9 Å². The third-order valence-electron chi connectivity index (χ3n) is 4.15. The average Bonchev–Trinajstić information content (AvgIpc) is 3.17. The molecule has 2 heterocycles. The van der Waals surface area contributed by atoms with Crippen LogP contribution in [0.15, 0.2) is 54.6 Å². The maximum Gasteiger partial charge on any atom is 0.125 e. The van der Waals surface area contributed by atoms with Crippen molar-refractivity contribution in [3.05, 3.63) is 54.6 Å². The molecule has 1 unspecified atom stereocenters. The second-order valence-corrected chi connectivity index (χ2v) is 6.73. The van der Waals surface area contributed by atoms with Gasteiger partial charge in [-0.1, -0.05) is 48.5 Å². The zero-order chi connectivity index (χ0) is 14.9. The Balaban J connectivity index is 1.91. The Morgan fingerprint density at radius 2 is 1.86 bits per heavy atom. The number of hydrogen-bond donors (Lipinski definition) is 2. The van der Waals surface area contributed by atoms with Crippen molar-refractivity contribution in [2.45, 2.75) is 5.50 Å². The maximum atomic E-state index is 3.70. The molecule has 22 heavy (non-hydrogen) atoms. The minimum Gasteiger partial charge on any atom is -0.359 e. The van der Waals surface area contributed by atoms with Crippen molar-refractivity contribution in [1.82, 2.24) is 9.88 Å². The number of hydrogen-bond acceptors (Lipinski definition) is 3. The van der Waals surface area contributed by atoms with E-state index in [1.807, 2.05) is 11.8 Å². The van der Waals surface area contributed by atoms with Gasteiger partial charge in [0.2, 0.25) is 0 Å². The highest BCUT2D eigenvalue weighted by atomic mass is 32.2. The van der Waals surface area contributed by atoms with E-state index >= 15 is 0 Å². The number of thioether (sulfide) groups is 1. The zero-order valence-corrected chi connectivity index (χ0v) is 13.4. The molecule has 0 amide bonds. The van der Waals surface area contributed by atoms with Crippen LogP contribution in [-0.2, 0) is 7.05 Å². The molecule has 1 aromatic heterocycles. The van der Waals surface area contributed by atoms with Crippen LogP contribution in [-0.4, -0.2) is 22.4 Å². The summed E-state index contributed by atoms with van der Waals surface area (Å²) >= 11 is 1.93. The average molecular weight is 309 g/mol. The topological polar surface area (TPSA) is 29.0 Å². The molecule has 1 aliphatic heterocycles. The minimum atomic E-state index is 0.285. The molecule has 0 saturated carbocycles. The molecule has 1 atom stereocenters. The van der Waals surface area contributed by atoms with E-state index < -0.39 is 0 Å². The van der Waals surface area contributed by atoms with Gasteiger partial charge in [-0.3, -0.25) is 5.32 Å². The number of anilines is 1. The third kappa shape index (κ3) is 2.28. The Bertz CT molecular complexity index is 789. The molecule has 1 aliphatic rings. The first-order chi connectivity index (χ1) is 10.8. The Morgan fingerprint density at radius 1 is 1.09 bits per heavy atom. The lowest BCUT2D eigenvalue weighted by molar-refractivity contribution is 0.771. The lowest BCUT2D eigenvalue weighted by atomic mass is 10.1. The van der Waals surface area contributed by atoms with E-state index in [0.29, 0.717) is 0 Å². The first kappa shape index (κ1) is 13.7. The summed E-state index contributed by atoms with van der Waals surface area (Å²) in [6, 6.07) is 19.2. The van der Waals surface area contributed by atoms with Crippen LogP contribution < -0.4 is 10.6 Å². The molecule has 2 N–H and O–H groups in total. The fourth-order valence-electron chi connectivity index (χ4n) is 3.12. The molecule has 112 valence electrons. The molecule has 1 saturated heterocycles. The highest BCUT2D eigenvalue weighted by Gasteiger charge is 2.21. The number of fused-ring (bicyclic) bond motifs is 1. The van der Waals surface area contributed by atoms with Gasteiger partial charge in [0, 0.05) is 30.3 Å². The van der Waals surface area contributed by atoms with Gasteiger partial charge in [-0.2, -0.15) is 0 Å². The van der Waals surface area contributed by atoms with Crippen LogP contribution in [0.2, 0.25) is 0 Å². The first-order valence-electron chi connectivity index (χ1n) is 7.59. The van der Waals surface area contributed by atoms with Crippen molar-refractivity contribution in [3.63, 3.8) is 0 Å². The number of benzene rings is 2. The molecule has 0 aliphatic carbocycles. The highest BCUT2D eigenvalue weighted by molar-refractivity contribution is 8.00. The second-order valence-electron chi connectivity index (χ2n) is 5.52. The molecule has 0 bridgehead atoms. The van der Waals surface area contributed by atoms with E-state index in [2.05, 4.69) is 76.8 Å². The van der Waals surface area contributed by atoms with E-state index in [9.17, 15) is 0 Å². The van der Waals surface area contributed by atoms with Gasteiger partial charge >= 0.3 is 0 Å². The number of nitrogens with one attached hydrogen (secondary N) is 2. The molecular formula is C18H19N3S. The monoisotopic (exact) mass is 309 g/mol. The van der Waals surface area contributed by atoms with Gasteiger partial charge in [-0.25, -0.2) is 0 Å². The van der Waals surface area contributed by atoms with Crippen molar-refractivity contribution in [2.24, 2.45) is 7.05 Å². The largest absolute Gasteiger partial charge is 0.359 e. The summed E-state index contributed by atoms with van der Waals surface area (Å²) in [7, 11) is 2.14. The van der Waals surface area contributed by atoms with Crippen LogP contribution >= 0.6 is 11.8 Å². The van der Waals surface area contributed by atoms with Crippen molar-refractivity contribution in [3.8, 4) is 11.3 Å². The van der Waals surface area contributed by atoms with Gasteiger partial charge in [0.25, 0.3) is 0 Å². The van der Waals surface area contributed by atoms with E-state index in [1.165, 1.54) is 27.8 Å². The number of aryl methyl sites for hydroxylation is 1.